The second-order valence-corrected chi connectivity index (χ2v) is 7.01. The van der Waals surface area contributed by atoms with Gasteiger partial charge in [0.2, 0.25) is 0 Å². The van der Waals surface area contributed by atoms with Crippen molar-refractivity contribution in [2.24, 2.45) is 5.92 Å². The fourth-order valence-corrected chi connectivity index (χ4v) is 4.33. The standard InChI is InChI=1S/C18H29N3/c1-4-7-20-18(15-8-13(2)11-19-12-15)14-9-16-5-6-17(10-14)21(16)3/h8,11-12,14,16-18,20H,4-7,9-10H2,1-3H3. The molecule has 3 nitrogen and oxygen atoms in total. The zero-order chi connectivity index (χ0) is 14.8. The van der Waals surface area contributed by atoms with Crippen LogP contribution < -0.4 is 5.32 Å². The van der Waals surface area contributed by atoms with E-state index >= 15 is 0 Å². The van der Waals surface area contributed by atoms with Crippen molar-refractivity contribution in [2.45, 2.75) is 64.1 Å². The zero-order valence-electron chi connectivity index (χ0n) is 13.7. The second-order valence-electron chi connectivity index (χ2n) is 7.01. The van der Waals surface area contributed by atoms with Crippen LogP contribution >= 0.6 is 0 Å². The lowest BCUT2D eigenvalue weighted by Gasteiger charge is -2.40. The lowest BCUT2D eigenvalue weighted by molar-refractivity contribution is 0.112. The highest BCUT2D eigenvalue weighted by Crippen LogP contribution is 2.42. The van der Waals surface area contributed by atoms with E-state index in [9.17, 15) is 0 Å². The van der Waals surface area contributed by atoms with E-state index in [1.807, 2.05) is 6.20 Å². The summed E-state index contributed by atoms with van der Waals surface area (Å²) in [6, 6.07) is 4.41. The van der Waals surface area contributed by atoms with Crippen molar-refractivity contribution >= 4 is 0 Å². The molecule has 2 saturated heterocycles. The van der Waals surface area contributed by atoms with Gasteiger partial charge in [-0.3, -0.25) is 4.98 Å². The molecule has 1 aromatic rings. The van der Waals surface area contributed by atoms with Crippen molar-refractivity contribution in [1.29, 1.82) is 0 Å². The molecule has 0 radical (unpaired) electrons. The molecule has 2 aliphatic rings. The lowest BCUT2D eigenvalue weighted by Crippen LogP contribution is -2.44. The number of nitrogens with one attached hydrogen (secondary N) is 1. The Morgan fingerprint density at radius 2 is 2.00 bits per heavy atom. The number of aryl methyl sites for hydroxylation is 1. The first-order valence-electron chi connectivity index (χ1n) is 8.56. The van der Waals surface area contributed by atoms with E-state index in [-0.39, 0.29) is 0 Å². The Bertz CT molecular complexity index is 459. The highest BCUT2D eigenvalue weighted by molar-refractivity contribution is 5.21. The van der Waals surface area contributed by atoms with Gasteiger partial charge in [0.25, 0.3) is 0 Å². The van der Waals surface area contributed by atoms with Gasteiger partial charge in [0, 0.05) is 30.5 Å². The Kier molecular flexibility index (Phi) is 4.60. The van der Waals surface area contributed by atoms with Crippen molar-refractivity contribution in [1.82, 2.24) is 15.2 Å². The normalized spacial score (nSPS) is 30.5. The fourth-order valence-electron chi connectivity index (χ4n) is 4.33. The van der Waals surface area contributed by atoms with E-state index in [1.54, 1.807) is 0 Å². The molecule has 3 atom stereocenters. The first-order valence-corrected chi connectivity index (χ1v) is 8.56. The third-order valence-corrected chi connectivity index (χ3v) is 5.48. The number of hydrogen-bond acceptors (Lipinski definition) is 3. The average Bonchev–Trinajstić information content (AvgIpc) is 2.70. The van der Waals surface area contributed by atoms with Gasteiger partial charge in [-0.2, -0.15) is 0 Å². The molecule has 0 saturated carbocycles. The van der Waals surface area contributed by atoms with Crippen molar-refractivity contribution in [3.63, 3.8) is 0 Å². The van der Waals surface area contributed by atoms with E-state index < -0.39 is 0 Å². The van der Waals surface area contributed by atoms with Gasteiger partial charge in [0.05, 0.1) is 0 Å². The number of fused-ring (bicyclic) bond motifs is 2. The lowest BCUT2D eigenvalue weighted by atomic mass is 9.82. The Morgan fingerprint density at radius 1 is 1.29 bits per heavy atom. The number of rotatable bonds is 5. The van der Waals surface area contributed by atoms with Crippen LogP contribution in [0.15, 0.2) is 18.5 Å². The highest BCUT2D eigenvalue weighted by atomic mass is 15.2. The van der Waals surface area contributed by atoms with Gasteiger partial charge in [-0.1, -0.05) is 13.0 Å². The van der Waals surface area contributed by atoms with Gasteiger partial charge in [0.15, 0.2) is 0 Å². The summed E-state index contributed by atoms with van der Waals surface area (Å²) in [6.07, 6.45) is 10.7. The zero-order valence-corrected chi connectivity index (χ0v) is 13.7. The molecule has 3 heteroatoms. The summed E-state index contributed by atoms with van der Waals surface area (Å²) in [6.45, 7) is 5.49. The molecule has 3 heterocycles. The maximum absolute atomic E-state index is 4.43. The van der Waals surface area contributed by atoms with Crippen molar-refractivity contribution in [3.05, 3.63) is 29.6 Å². The minimum Gasteiger partial charge on any atom is -0.310 e. The Balaban J connectivity index is 1.79. The minimum absolute atomic E-state index is 0.481. The molecule has 3 rings (SSSR count). The highest BCUT2D eigenvalue weighted by Gasteiger charge is 2.41. The molecule has 0 spiro atoms. The molecule has 0 amide bonds. The molecule has 21 heavy (non-hydrogen) atoms. The Labute approximate surface area is 129 Å². The molecule has 1 N–H and O–H groups in total. The van der Waals surface area contributed by atoms with Gasteiger partial charge in [-0.05, 0) is 69.7 Å². The van der Waals surface area contributed by atoms with E-state index in [2.05, 4.69) is 48.4 Å². The number of piperidine rings is 1. The monoisotopic (exact) mass is 287 g/mol. The Hall–Kier alpha value is -0.930. The van der Waals surface area contributed by atoms with Gasteiger partial charge in [-0.15, -0.1) is 0 Å². The van der Waals surface area contributed by atoms with Crippen LogP contribution in [0.25, 0.3) is 0 Å². The van der Waals surface area contributed by atoms with Gasteiger partial charge in [0.1, 0.15) is 0 Å². The summed E-state index contributed by atoms with van der Waals surface area (Å²) < 4.78 is 0. The van der Waals surface area contributed by atoms with E-state index in [0.717, 1.165) is 24.5 Å². The van der Waals surface area contributed by atoms with E-state index in [4.69, 9.17) is 0 Å². The SMILES string of the molecule is CCCNC(c1cncc(C)c1)C1CC2CCC(C1)N2C. The third-order valence-electron chi connectivity index (χ3n) is 5.48. The molecular weight excluding hydrogens is 258 g/mol. The quantitative estimate of drug-likeness (QED) is 0.900. The molecule has 2 bridgehead atoms. The van der Waals surface area contributed by atoms with Gasteiger partial charge in [-0.25, -0.2) is 0 Å². The minimum atomic E-state index is 0.481. The van der Waals surface area contributed by atoms with Crippen LogP contribution in [0.2, 0.25) is 0 Å². The average molecular weight is 287 g/mol. The number of pyridine rings is 1. The van der Waals surface area contributed by atoms with Crippen LogP contribution in [0.1, 0.15) is 56.2 Å². The summed E-state index contributed by atoms with van der Waals surface area (Å²) in [5, 5.41) is 3.81. The summed E-state index contributed by atoms with van der Waals surface area (Å²) >= 11 is 0. The predicted octanol–water partition coefficient (Wildman–Crippen LogP) is 3.30. The van der Waals surface area contributed by atoms with Crippen molar-refractivity contribution in [2.75, 3.05) is 13.6 Å². The number of hydrogen-bond donors (Lipinski definition) is 1. The summed E-state index contributed by atoms with van der Waals surface area (Å²) in [5.74, 6) is 0.758. The summed E-state index contributed by atoms with van der Waals surface area (Å²) in [7, 11) is 2.32. The molecule has 1 aromatic heterocycles. The van der Waals surface area contributed by atoms with E-state index in [0.29, 0.717) is 6.04 Å². The Morgan fingerprint density at radius 3 is 2.62 bits per heavy atom. The molecule has 0 aliphatic carbocycles. The number of nitrogens with zero attached hydrogens (tertiary/aromatic N) is 2. The number of aromatic nitrogens is 1. The second kappa shape index (κ2) is 6.45. The first-order chi connectivity index (χ1) is 10.2. The largest absolute Gasteiger partial charge is 0.310 e. The molecule has 0 aromatic carbocycles. The van der Waals surface area contributed by atoms with Crippen LogP contribution in [-0.4, -0.2) is 35.6 Å². The topological polar surface area (TPSA) is 28.2 Å². The molecule has 116 valence electrons. The van der Waals surface area contributed by atoms with Crippen LogP contribution in [0.4, 0.5) is 0 Å². The van der Waals surface area contributed by atoms with Gasteiger partial charge >= 0.3 is 0 Å². The van der Waals surface area contributed by atoms with Crippen molar-refractivity contribution in [3.8, 4) is 0 Å². The van der Waals surface area contributed by atoms with Crippen LogP contribution in [0.5, 0.6) is 0 Å². The van der Waals surface area contributed by atoms with E-state index in [1.165, 1.54) is 43.2 Å². The summed E-state index contributed by atoms with van der Waals surface area (Å²) in [5.41, 5.74) is 2.66. The first kappa shape index (κ1) is 15.0. The van der Waals surface area contributed by atoms with Gasteiger partial charge < -0.3 is 10.2 Å². The molecule has 2 aliphatic heterocycles. The predicted molar refractivity (Wildman–Crippen MR) is 87.3 cm³/mol. The van der Waals surface area contributed by atoms with Crippen LogP contribution in [0, 0.1) is 12.8 Å². The van der Waals surface area contributed by atoms with Crippen LogP contribution in [0.3, 0.4) is 0 Å². The third kappa shape index (κ3) is 3.14. The van der Waals surface area contributed by atoms with Crippen LogP contribution in [-0.2, 0) is 0 Å². The maximum Gasteiger partial charge on any atom is 0.0365 e. The molecule has 2 fully saturated rings. The van der Waals surface area contributed by atoms with Crippen molar-refractivity contribution < 1.29 is 0 Å². The maximum atomic E-state index is 4.43. The molecular formula is C18H29N3. The summed E-state index contributed by atoms with van der Waals surface area (Å²) in [4.78, 5) is 7.05. The fraction of sp³-hybridized carbons (Fsp3) is 0.722. The molecule has 3 unspecified atom stereocenters. The smallest absolute Gasteiger partial charge is 0.0365 e.